The molecule has 2 rings (SSSR count). The van der Waals surface area contributed by atoms with Gasteiger partial charge in [0.2, 0.25) is 0 Å². The number of carbonyl (C=O) groups is 2. The van der Waals surface area contributed by atoms with Crippen LogP contribution in [-0.4, -0.2) is 34.6 Å². The highest BCUT2D eigenvalue weighted by molar-refractivity contribution is 7.92. The van der Waals surface area contributed by atoms with Crippen molar-refractivity contribution >= 4 is 27.6 Å². The zero-order chi connectivity index (χ0) is 18.6. The van der Waals surface area contributed by atoms with Gasteiger partial charge in [0.25, 0.3) is 10.0 Å². The van der Waals surface area contributed by atoms with Crippen LogP contribution in [0.2, 0.25) is 0 Å². The Labute approximate surface area is 143 Å². The van der Waals surface area contributed by atoms with Crippen molar-refractivity contribution in [3.63, 3.8) is 0 Å². The fourth-order valence-electron chi connectivity index (χ4n) is 1.99. The van der Waals surface area contributed by atoms with Gasteiger partial charge in [-0.1, -0.05) is 0 Å². The van der Waals surface area contributed by atoms with E-state index in [1.165, 1.54) is 18.2 Å². The fourth-order valence-corrected chi connectivity index (χ4v) is 3.03. The lowest BCUT2D eigenvalue weighted by molar-refractivity contribution is 0.0599. The molecule has 0 fully saturated rings. The Balaban J connectivity index is 2.45. The quantitative estimate of drug-likeness (QED) is 0.814. The Kier molecular flexibility index (Phi) is 5.38. The number of halogens is 1. The first-order valence-electron chi connectivity index (χ1n) is 6.87. The predicted molar refractivity (Wildman–Crippen MR) is 86.3 cm³/mol. The Morgan fingerprint density at radius 1 is 0.920 bits per heavy atom. The van der Waals surface area contributed by atoms with Gasteiger partial charge in [0.1, 0.15) is 5.82 Å². The van der Waals surface area contributed by atoms with Crippen LogP contribution in [0.1, 0.15) is 20.7 Å². The minimum absolute atomic E-state index is 0.0396. The topological polar surface area (TPSA) is 98.8 Å². The Morgan fingerprint density at radius 2 is 1.40 bits per heavy atom. The SMILES string of the molecule is COC(=O)c1cc(NS(=O)(=O)c2ccc(F)cc2)cc(C(=O)OC)c1. The van der Waals surface area contributed by atoms with E-state index in [0.29, 0.717) is 0 Å². The molecule has 0 aliphatic carbocycles. The summed E-state index contributed by atoms with van der Waals surface area (Å²) in [6.45, 7) is 0. The molecule has 132 valence electrons. The van der Waals surface area contributed by atoms with Gasteiger partial charge in [-0.3, -0.25) is 4.72 Å². The first-order valence-corrected chi connectivity index (χ1v) is 8.35. The summed E-state index contributed by atoms with van der Waals surface area (Å²) in [5.41, 5.74) is -0.128. The molecular weight excluding hydrogens is 353 g/mol. The zero-order valence-corrected chi connectivity index (χ0v) is 14.1. The molecule has 0 aromatic heterocycles. The highest BCUT2D eigenvalue weighted by Gasteiger charge is 2.18. The van der Waals surface area contributed by atoms with Crippen molar-refractivity contribution in [1.29, 1.82) is 0 Å². The maximum absolute atomic E-state index is 12.9. The van der Waals surface area contributed by atoms with Crippen LogP contribution in [0.5, 0.6) is 0 Å². The van der Waals surface area contributed by atoms with Crippen molar-refractivity contribution in [2.24, 2.45) is 0 Å². The number of hydrogen-bond donors (Lipinski definition) is 1. The van der Waals surface area contributed by atoms with Gasteiger partial charge in [0.05, 0.1) is 35.9 Å². The third kappa shape index (κ3) is 4.32. The molecule has 2 aromatic carbocycles. The molecule has 0 unspecified atom stereocenters. The number of hydrogen-bond acceptors (Lipinski definition) is 6. The van der Waals surface area contributed by atoms with Crippen LogP contribution in [0, 0.1) is 5.82 Å². The molecule has 0 spiro atoms. The number of carbonyl (C=O) groups excluding carboxylic acids is 2. The molecule has 1 N–H and O–H groups in total. The number of methoxy groups -OCH3 is 2. The van der Waals surface area contributed by atoms with E-state index in [4.69, 9.17) is 0 Å². The van der Waals surface area contributed by atoms with Gasteiger partial charge in [0, 0.05) is 0 Å². The molecular formula is C16H14FNO6S. The summed E-state index contributed by atoms with van der Waals surface area (Å²) < 4.78 is 49.0. The highest BCUT2D eigenvalue weighted by Crippen LogP contribution is 2.21. The molecule has 0 saturated heterocycles. The molecule has 0 amide bonds. The number of esters is 2. The van der Waals surface area contributed by atoms with Gasteiger partial charge >= 0.3 is 11.9 Å². The van der Waals surface area contributed by atoms with E-state index in [9.17, 15) is 22.4 Å². The minimum Gasteiger partial charge on any atom is -0.465 e. The van der Waals surface area contributed by atoms with E-state index in [1.807, 2.05) is 0 Å². The van der Waals surface area contributed by atoms with Crippen molar-refractivity contribution in [3.8, 4) is 0 Å². The van der Waals surface area contributed by atoms with Gasteiger partial charge in [-0.15, -0.1) is 0 Å². The lowest BCUT2D eigenvalue weighted by Gasteiger charge is -2.11. The van der Waals surface area contributed by atoms with E-state index < -0.39 is 27.8 Å². The Bertz CT molecular complexity index is 874. The largest absolute Gasteiger partial charge is 0.465 e. The number of benzene rings is 2. The maximum atomic E-state index is 12.9. The van der Waals surface area contributed by atoms with Gasteiger partial charge < -0.3 is 9.47 Å². The van der Waals surface area contributed by atoms with Crippen LogP contribution >= 0.6 is 0 Å². The molecule has 0 heterocycles. The Morgan fingerprint density at radius 3 is 1.84 bits per heavy atom. The first-order chi connectivity index (χ1) is 11.8. The maximum Gasteiger partial charge on any atom is 0.337 e. The lowest BCUT2D eigenvalue weighted by atomic mass is 10.1. The van der Waals surface area contributed by atoms with Crippen LogP contribution in [0.15, 0.2) is 47.4 Å². The standard InChI is InChI=1S/C16H14FNO6S/c1-23-15(19)10-7-11(16(20)24-2)9-13(8-10)18-25(21,22)14-5-3-12(17)4-6-14/h3-9,18H,1-2H3. The van der Waals surface area contributed by atoms with Gasteiger partial charge in [-0.2, -0.15) is 0 Å². The summed E-state index contributed by atoms with van der Waals surface area (Å²) >= 11 is 0. The third-order valence-corrected chi connectivity index (χ3v) is 4.55. The van der Waals surface area contributed by atoms with Crippen LogP contribution in [0.4, 0.5) is 10.1 Å². The number of nitrogens with one attached hydrogen (secondary N) is 1. The first kappa shape index (κ1) is 18.4. The van der Waals surface area contributed by atoms with Crippen LogP contribution in [-0.2, 0) is 19.5 Å². The molecule has 9 heteroatoms. The summed E-state index contributed by atoms with van der Waals surface area (Å²) in [5, 5.41) is 0. The fraction of sp³-hybridized carbons (Fsp3) is 0.125. The van der Waals surface area contributed by atoms with Crippen molar-refractivity contribution in [1.82, 2.24) is 0 Å². The van der Waals surface area contributed by atoms with E-state index in [1.54, 1.807) is 0 Å². The van der Waals surface area contributed by atoms with Gasteiger partial charge in [-0.25, -0.2) is 22.4 Å². The number of sulfonamides is 1. The summed E-state index contributed by atoms with van der Waals surface area (Å²) in [4.78, 5) is 23.2. The number of ether oxygens (including phenoxy) is 2. The minimum atomic E-state index is -4.05. The normalized spacial score (nSPS) is 10.8. The average Bonchev–Trinajstić information content (AvgIpc) is 2.59. The molecule has 25 heavy (non-hydrogen) atoms. The summed E-state index contributed by atoms with van der Waals surface area (Å²) in [6.07, 6.45) is 0. The second kappa shape index (κ2) is 7.31. The summed E-state index contributed by atoms with van der Waals surface area (Å²) in [6, 6.07) is 7.80. The second-order valence-electron chi connectivity index (χ2n) is 4.84. The van der Waals surface area contributed by atoms with Crippen molar-refractivity contribution in [2.45, 2.75) is 4.90 Å². The Hall–Kier alpha value is -2.94. The van der Waals surface area contributed by atoms with Crippen molar-refractivity contribution < 1.29 is 31.9 Å². The third-order valence-electron chi connectivity index (χ3n) is 3.15. The van der Waals surface area contributed by atoms with E-state index in [2.05, 4.69) is 14.2 Å². The van der Waals surface area contributed by atoms with Gasteiger partial charge in [0.15, 0.2) is 0 Å². The van der Waals surface area contributed by atoms with Crippen LogP contribution < -0.4 is 4.72 Å². The van der Waals surface area contributed by atoms with Crippen LogP contribution in [0.3, 0.4) is 0 Å². The second-order valence-corrected chi connectivity index (χ2v) is 6.52. The van der Waals surface area contributed by atoms with E-state index in [-0.39, 0.29) is 21.7 Å². The molecule has 0 radical (unpaired) electrons. The zero-order valence-electron chi connectivity index (χ0n) is 13.3. The molecule has 0 aliphatic heterocycles. The van der Waals surface area contributed by atoms with Crippen LogP contribution in [0.25, 0.3) is 0 Å². The molecule has 2 aromatic rings. The average molecular weight is 367 g/mol. The van der Waals surface area contributed by atoms with Crippen molar-refractivity contribution in [3.05, 3.63) is 59.4 Å². The molecule has 0 aliphatic rings. The highest BCUT2D eigenvalue weighted by atomic mass is 32.2. The summed E-state index contributed by atoms with van der Waals surface area (Å²) in [7, 11) is -1.75. The van der Waals surface area contributed by atoms with Gasteiger partial charge in [-0.05, 0) is 42.5 Å². The lowest BCUT2D eigenvalue weighted by Crippen LogP contribution is -2.15. The van der Waals surface area contributed by atoms with E-state index >= 15 is 0 Å². The predicted octanol–water partition coefficient (Wildman–Crippen LogP) is 2.20. The molecule has 0 saturated carbocycles. The smallest absolute Gasteiger partial charge is 0.337 e. The monoisotopic (exact) mass is 367 g/mol. The molecule has 7 nitrogen and oxygen atoms in total. The summed E-state index contributed by atoms with van der Waals surface area (Å²) in [5.74, 6) is -2.10. The molecule has 0 atom stereocenters. The number of anilines is 1. The molecule has 0 bridgehead atoms. The number of rotatable bonds is 5. The van der Waals surface area contributed by atoms with Crippen molar-refractivity contribution in [2.75, 3.05) is 18.9 Å². The van der Waals surface area contributed by atoms with E-state index in [0.717, 1.165) is 38.5 Å².